The third-order valence-electron chi connectivity index (χ3n) is 2.21. The minimum atomic E-state index is 0.690. The molecule has 0 radical (unpaired) electrons. The number of rotatable bonds is 2. The predicted octanol–water partition coefficient (Wildman–Crippen LogP) is 1.92. The molecule has 0 bridgehead atoms. The highest BCUT2D eigenvalue weighted by Gasteiger charge is 2.22. The molecule has 2 nitrogen and oxygen atoms in total. The van der Waals surface area contributed by atoms with Crippen LogP contribution in [0.2, 0.25) is 0 Å². The molecule has 0 saturated carbocycles. The molecule has 0 aliphatic carbocycles. The highest BCUT2D eigenvalue weighted by Crippen LogP contribution is 2.28. The molecule has 0 spiro atoms. The van der Waals surface area contributed by atoms with E-state index in [0.29, 0.717) is 6.04 Å². The number of anilines is 1. The van der Waals surface area contributed by atoms with Crippen molar-refractivity contribution in [1.29, 1.82) is 0 Å². The molecular weight excluding hydrogens is 236 g/mol. The molecule has 4 heteroatoms. The zero-order chi connectivity index (χ0) is 8.55. The van der Waals surface area contributed by atoms with Crippen molar-refractivity contribution in [3.05, 3.63) is 15.9 Å². The van der Waals surface area contributed by atoms with Crippen molar-refractivity contribution in [3.8, 4) is 0 Å². The number of nitrogens with one attached hydrogen (secondary N) is 1. The molecule has 0 aromatic carbocycles. The summed E-state index contributed by atoms with van der Waals surface area (Å²) in [5.74, 6) is 0. The van der Waals surface area contributed by atoms with Crippen LogP contribution in [0.1, 0.15) is 0 Å². The maximum atomic E-state index is 3.46. The van der Waals surface area contributed by atoms with Crippen LogP contribution in [0.3, 0.4) is 0 Å². The van der Waals surface area contributed by atoms with Gasteiger partial charge in [-0.2, -0.15) is 0 Å². The fraction of sp³-hybridized carbons (Fsp3) is 0.500. The van der Waals surface area contributed by atoms with E-state index in [4.69, 9.17) is 0 Å². The van der Waals surface area contributed by atoms with Gasteiger partial charge in [-0.1, -0.05) is 0 Å². The maximum Gasteiger partial charge on any atom is 0.0920 e. The molecule has 1 N–H and O–H groups in total. The molecule has 2 heterocycles. The standard InChI is InChI=1S/C8H11BrN2S/c1-11(7-3-10-4-7)8-2-6(9)5-12-8/h2,5,7,10H,3-4H2,1H3. The third kappa shape index (κ3) is 1.51. The Hall–Kier alpha value is -0.0600. The average Bonchev–Trinajstić information content (AvgIpc) is 2.31. The van der Waals surface area contributed by atoms with Crippen LogP contribution < -0.4 is 10.2 Å². The van der Waals surface area contributed by atoms with E-state index >= 15 is 0 Å². The molecule has 0 atom stereocenters. The molecule has 0 amide bonds. The van der Waals surface area contributed by atoms with Crippen LogP contribution in [-0.4, -0.2) is 26.2 Å². The second-order valence-electron chi connectivity index (χ2n) is 3.03. The highest BCUT2D eigenvalue weighted by molar-refractivity contribution is 9.10. The van der Waals surface area contributed by atoms with Crippen molar-refractivity contribution in [2.45, 2.75) is 6.04 Å². The second kappa shape index (κ2) is 3.36. The van der Waals surface area contributed by atoms with Crippen molar-refractivity contribution in [2.75, 3.05) is 25.0 Å². The Morgan fingerprint density at radius 1 is 1.67 bits per heavy atom. The first kappa shape index (κ1) is 8.53. The van der Waals surface area contributed by atoms with Crippen molar-refractivity contribution in [2.24, 2.45) is 0 Å². The average molecular weight is 247 g/mol. The van der Waals surface area contributed by atoms with Gasteiger partial charge in [0.1, 0.15) is 0 Å². The predicted molar refractivity (Wildman–Crippen MR) is 57.1 cm³/mol. The van der Waals surface area contributed by atoms with Gasteiger partial charge in [0.15, 0.2) is 0 Å². The number of halogens is 1. The number of hydrogen-bond donors (Lipinski definition) is 1. The molecule has 1 saturated heterocycles. The summed E-state index contributed by atoms with van der Waals surface area (Å²) in [7, 11) is 2.16. The van der Waals surface area contributed by atoms with Gasteiger partial charge in [-0.25, -0.2) is 0 Å². The zero-order valence-electron chi connectivity index (χ0n) is 6.88. The van der Waals surface area contributed by atoms with Gasteiger partial charge >= 0.3 is 0 Å². The molecule has 1 aliphatic heterocycles. The van der Waals surface area contributed by atoms with Crippen LogP contribution in [0.4, 0.5) is 5.00 Å². The van der Waals surface area contributed by atoms with Crippen LogP contribution in [0.15, 0.2) is 15.9 Å². The topological polar surface area (TPSA) is 15.3 Å². The normalized spacial score (nSPS) is 17.5. The smallest absolute Gasteiger partial charge is 0.0920 e. The van der Waals surface area contributed by atoms with Crippen LogP contribution in [0.5, 0.6) is 0 Å². The minimum Gasteiger partial charge on any atom is -0.361 e. The van der Waals surface area contributed by atoms with E-state index in [1.165, 1.54) is 9.47 Å². The lowest BCUT2D eigenvalue weighted by Crippen LogP contribution is -2.55. The Labute approximate surface area is 84.7 Å². The molecule has 1 fully saturated rings. The van der Waals surface area contributed by atoms with Gasteiger partial charge in [-0.15, -0.1) is 11.3 Å². The van der Waals surface area contributed by atoms with Crippen LogP contribution in [0, 0.1) is 0 Å². The molecule has 1 aromatic rings. The molecule has 1 aromatic heterocycles. The quantitative estimate of drug-likeness (QED) is 0.858. The lowest BCUT2D eigenvalue weighted by Gasteiger charge is -2.36. The molecule has 12 heavy (non-hydrogen) atoms. The maximum absolute atomic E-state index is 3.46. The largest absolute Gasteiger partial charge is 0.361 e. The Balaban J connectivity index is 2.08. The summed E-state index contributed by atoms with van der Waals surface area (Å²) >= 11 is 5.24. The summed E-state index contributed by atoms with van der Waals surface area (Å²) in [6.07, 6.45) is 0. The number of thiophene rings is 1. The SMILES string of the molecule is CN(c1cc(Br)cs1)C1CNC1. The summed E-state index contributed by atoms with van der Waals surface area (Å²) in [6, 6.07) is 2.86. The minimum absolute atomic E-state index is 0.690. The van der Waals surface area contributed by atoms with Crippen molar-refractivity contribution in [3.63, 3.8) is 0 Å². The summed E-state index contributed by atoms with van der Waals surface area (Å²) in [4.78, 5) is 2.34. The number of hydrogen-bond acceptors (Lipinski definition) is 3. The van der Waals surface area contributed by atoms with Gasteiger partial charge in [0.05, 0.1) is 11.0 Å². The Kier molecular flexibility index (Phi) is 2.39. The van der Waals surface area contributed by atoms with E-state index in [9.17, 15) is 0 Å². The summed E-state index contributed by atoms with van der Waals surface area (Å²) < 4.78 is 1.18. The van der Waals surface area contributed by atoms with Gasteiger partial charge < -0.3 is 10.2 Å². The fourth-order valence-corrected chi connectivity index (χ4v) is 2.68. The van der Waals surface area contributed by atoms with Crippen molar-refractivity contribution in [1.82, 2.24) is 5.32 Å². The van der Waals surface area contributed by atoms with Crippen molar-refractivity contribution < 1.29 is 0 Å². The zero-order valence-corrected chi connectivity index (χ0v) is 9.28. The number of nitrogens with zero attached hydrogens (tertiary/aromatic N) is 1. The fourth-order valence-electron chi connectivity index (χ4n) is 1.21. The van der Waals surface area contributed by atoms with Gasteiger partial charge in [0, 0.05) is 30.0 Å². The first-order chi connectivity index (χ1) is 5.77. The van der Waals surface area contributed by atoms with Crippen LogP contribution >= 0.6 is 27.3 Å². The lowest BCUT2D eigenvalue weighted by molar-refractivity contribution is 0.430. The van der Waals surface area contributed by atoms with E-state index in [0.717, 1.165) is 13.1 Å². The van der Waals surface area contributed by atoms with E-state index in [-0.39, 0.29) is 0 Å². The van der Waals surface area contributed by atoms with Crippen LogP contribution in [0.25, 0.3) is 0 Å². The summed E-state index contributed by atoms with van der Waals surface area (Å²) in [5, 5.41) is 6.73. The monoisotopic (exact) mass is 246 g/mol. The highest BCUT2D eigenvalue weighted by atomic mass is 79.9. The van der Waals surface area contributed by atoms with E-state index in [1.54, 1.807) is 11.3 Å². The summed E-state index contributed by atoms with van der Waals surface area (Å²) in [5.41, 5.74) is 0. The Morgan fingerprint density at radius 2 is 2.42 bits per heavy atom. The summed E-state index contributed by atoms with van der Waals surface area (Å²) in [6.45, 7) is 2.23. The molecule has 2 rings (SSSR count). The van der Waals surface area contributed by atoms with Gasteiger partial charge in [0.2, 0.25) is 0 Å². The van der Waals surface area contributed by atoms with E-state index < -0.39 is 0 Å². The van der Waals surface area contributed by atoms with Gasteiger partial charge in [-0.05, 0) is 22.0 Å². The third-order valence-corrected chi connectivity index (χ3v) is 3.99. The lowest BCUT2D eigenvalue weighted by atomic mass is 10.1. The Bertz CT molecular complexity index is 270. The Morgan fingerprint density at radius 3 is 2.83 bits per heavy atom. The number of likely N-dealkylation sites (N-methyl/N-ethyl adjacent to an activating group) is 1. The van der Waals surface area contributed by atoms with Gasteiger partial charge in [-0.3, -0.25) is 0 Å². The van der Waals surface area contributed by atoms with E-state index in [2.05, 4.69) is 44.6 Å². The molecular formula is C8H11BrN2S. The van der Waals surface area contributed by atoms with Gasteiger partial charge in [0.25, 0.3) is 0 Å². The molecule has 0 unspecified atom stereocenters. The first-order valence-corrected chi connectivity index (χ1v) is 5.62. The molecule has 66 valence electrons. The van der Waals surface area contributed by atoms with Crippen molar-refractivity contribution >= 4 is 32.3 Å². The van der Waals surface area contributed by atoms with Crippen LogP contribution in [-0.2, 0) is 0 Å². The second-order valence-corrected chi connectivity index (χ2v) is 4.83. The first-order valence-electron chi connectivity index (χ1n) is 3.95. The van der Waals surface area contributed by atoms with E-state index in [1.807, 2.05) is 0 Å². The molecule has 1 aliphatic rings.